The van der Waals surface area contributed by atoms with Crippen molar-refractivity contribution in [1.29, 1.82) is 0 Å². The molecule has 4 rings (SSSR count). The van der Waals surface area contributed by atoms with Crippen LogP contribution in [-0.4, -0.2) is 47.6 Å². The van der Waals surface area contributed by atoms with Crippen molar-refractivity contribution in [2.75, 3.05) is 0 Å². The fraction of sp³-hybridized carbons (Fsp3) is 0.519. The lowest BCUT2D eigenvalue weighted by Crippen LogP contribution is -2.60. The Morgan fingerprint density at radius 3 is 2.35 bits per heavy atom. The molecule has 0 saturated heterocycles. The Morgan fingerprint density at radius 1 is 1.14 bits per heavy atom. The van der Waals surface area contributed by atoms with Gasteiger partial charge in [0.05, 0.1) is 10.9 Å². The van der Waals surface area contributed by atoms with Crippen molar-refractivity contribution in [2.45, 2.75) is 88.0 Å². The van der Waals surface area contributed by atoms with Gasteiger partial charge >= 0.3 is 12.4 Å². The minimum atomic E-state index is -5.33. The first kappa shape index (κ1) is 32.5. The number of halogens is 7. The minimum Gasteiger partial charge on any atom is -0.334 e. The number of alkyl halides is 6. The molecule has 0 radical (unpaired) electrons. The molecular formula is C27H29F7N4O4S. The zero-order chi connectivity index (χ0) is 32.0. The summed E-state index contributed by atoms with van der Waals surface area (Å²) < 4.78 is 125. The molecule has 1 atom stereocenters. The summed E-state index contributed by atoms with van der Waals surface area (Å²) in [5.74, 6) is -4.40. The second-order valence-electron chi connectivity index (χ2n) is 11.0. The molecule has 1 aromatic heterocycles. The maximum Gasteiger partial charge on any atom is 0.416 e. The van der Waals surface area contributed by atoms with E-state index in [0.29, 0.717) is 0 Å². The second kappa shape index (κ2) is 11.6. The number of carbonyl (C=O) groups excluding carboxylic acids is 2. The zero-order valence-corrected chi connectivity index (χ0v) is 23.9. The van der Waals surface area contributed by atoms with Crippen molar-refractivity contribution in [3.05, 3.63) is 58.7 Å². The van der Waals surface area contributed by atoms with Crippen molar-refractivity contribution in [3.63, 3.8) is 0 Å². The molecule has 1 fully saturated rings. The molecule has 2 aromatic rings. The molecule has 1 aliphatic carbocycles. The van der Waals surface area contributed by atoms with Gasteiger partial charge in [-0.25, -0.2) is 17.5 Å². The number of rotatable bonds is 10. The van der Waals surface area contributed by atoms with E-state index in [1.54, 1.807) is 23.9 Å². The molecule has 0 bridgehead atoms. The number of hydrogen-bond donors (Lipinski definition) is 2. The predicted octanol–water partition coefficient (Wildman–Crippen LogP) is 5.22. The van der Waals surface area contributed by atoms with Crippen LogP contribution in [0, 0.1) is 5.82 Å². The third-order valence-electron chi connectivity index (χ3n) is 7.32. The van der Waals surface area contributed by atoms with Gasteiger partial charge in [-0.05, 0) is 63.6 Å². The third-order valence-corrected chi connectivity index (χ3v) is 9.14. The summed E-state index contributed by atoms with van der Waals surface area (Å²) in [6.45, 7) is 3.43. The summed E-state index contributed by atoms with van der Waals surface area (Å²) >= 11 is 0. The smallest absolute Gasteiger partial charge is 0.334 e. The highest BCUT2D eigenvalue weighted by molar-refractivity contribution is 7.91. The number of carbonyl (C=O) groups is 2. The van der Waals surface area contributed by atoms with Crippen molar-refractivity contribution in [3.8, 4) is 0 Å². The van der Waals surface area contributed by atoms with Crippen molar-refractivity contribution in [1.82, 2.24) is 19.8 Å². The van der Waals surface area contributed by atoms with Gasteiger partial charge in [0.25, 0.3) is 11.8 Å². The molecule has 1 aliphatic heterocycles. The van der Waals surface area contributed by atoms with Crippen LogP contribution in [0.5, 0.6) is 0 Å². The number of nitrogens with one attached hydrogen (secondary N) is 2. The van der Waals surface area contributed by atoms with Gasteiger partial charge in [0.15, 0.2) is 5.54 Å². The first-order valence-electron chi connectivity index (χ1n) is 13.4. The highest BCUT2D eigenvalue weighted by Crippen LogP contribution is 2.49. The topological polar surface area (TPSA) is 110 Å². The maximum absolute atomic E-state index is 15.4. The Bertz CT molecular complexity index is 1540. The van der Waals surface area contributed by atoms with Crippen LogP contribution in [-0.2, 0) is 31.6 Å². The van der Waals surface area contributed by atoms with Crippen LogP contribution in [0.3, 0.4) is 0 Å². The fourth-order valence-corrected chi connectivity index (χ4v) is 6.16. The molecule has 2 heterocycles. The van der Waals surface area contributed by atoms with Crippen LogP contribution < -0.4 is 10.0 Å². The quantitative estimate of drug-likeness (QED) is 0.211. The Kier molecular flexibility index (Phi) is 8.75. The van der Waals surface area contributed by atoms with E-state index in [1.165, 1.54) is 16.9 Å². The largest absolute Gasteiger partial charge is 0.416 e. The second-order valence-corrected chi connectivity index (χ2v) is 12.9. The number of hydrogen-bond acceptors (Lipinski definition) is 5. The molecule has 16 heteroatoms. The monoisotopic (exact) mass is 638 g/mol. The number of aromatic nitrogens is 2. The molecule has 1 saturated carbocycles. The van der Waals surface area contributed by atoms with Gasteiger partial charge in [-0.15, -0.1) is 0 Å². The average molecular weight is 639 g/mol. The van der Waals surface area contributed by atoms with E-state index in [2.05, 4.69) is 5.10 Å². The molecule has 1 aromatic carbocycles. The van der Waals surface area contributed by atoms with E-state index in [4.69, 9.17) is 0 Å². The predicted molar refractivity (Wildman–Crippen MR) is 140 cm³/mol. The van der Waals surface area contributed by atoms with Crippen LogP contribution >= 0.6 is 0 Å². The lowest BCUT2D eigenvalue weighted by atomic mass is 9.77. The summed E-state index contributed by atoms with van der Waals surface area (Å²) in [6.07, 6.45) is -10.3. The average Bonchev–Trinajstić information content (AvgIpc) is 3.62. The zero-order valence-electron chi connectivity index (χ0n) is 23.1. The van der Waals surface area contributed by atoms with E-state index < -0.39 is 80.3 Å². The normalized spacial score (nSPS) is 20.0. The first-order valence-corrected chi connectivity index (χ1v) is 15.0. The highest BCUT2D eigenvalue weighted by atomic mass is 32.2. The number of amides is 2. The molecule has 2 N–H and O–H groups in total. The summed E-state index contributed by atoms with van der Waals surface area (Å²) in [7, 11) is -4.20. The van der Waals surface area contributed by atoms with Crippen LogP contribution in [0.25, 0.3) is 5.57 Å². The molecular weight excluding hydrogens is 609 g/mol. The number of nitrogens with zero attached hydrogens (tertiary/aromatic N) is 2. The number of aryl methyl sites for hydroxylation is 1. The Labute approximate surface area is 242 Å². The molecule has 8 nitrogen and oxygen atoms in total. The Hall–Kier alpha value is -3.43. The van der Waals surface area contributed by atoms with E-state index >= 15 is 4.39 Å². The number of benzene rings is 1. The van der Waals surface area contributed by atoms with Gasteiger partial charge in [-0.2, -0.15) is 31.4 Å². The van der Waals surface area contributed by atoms with Gasteiger partial charge < -0.3 is 5.32 Å². The van der Waals surface area contributed by atoms with Crippen molar-refractivity contribution >= 4 is 27.4 Å². The van der Waals surface area contributed by atoms with E-state index in [-0.39, 0.29) is 49.4 Å². The SMILES string of the molecule is CC(C)n1ccc(C2=C(C(=O)NS(=O)(=O)C3CC3)C(=O)NC(c3ccc(CCCCC(F)(F)F)cc3F)(C(F)(F)F)C2)n1. The lowest BCUT2D eigenvalue weighted by molar-refractivity contribution is -0.202. The standard InChI is InChI=1S/C27H29F7N4O4S/c1-15(2)38-12-10-21(36-38)18-14-25(27(32,33)34,35-23(39)22(18)24(40)37-43(41,42)17-7-8-17)19-9-6-16(13-20(19)28)5-3-4-11-26(29,30)31/h6,9-10,12-13,15,17H,3-5,7-8,11,14H2,1-2H3,(H,35,39)(H,37,40). The van der Waals surface area contributed by atoms with E-state index in [9.17, 15) is 44.3 Å². The molecule has 236 valence electrons. The Morgan fingerprint density at radius 2 is 1.81 bits per heavy atom. The first-order chi connectivity index (χ1) is 19.8. The summed E-state index contributed by atoms with van der Waals surface area (Å²) in [4.78, 5) is 26.4. The fourth-order valence-electron chi connectivity index (χ4n) is 4.88. The number of sulfonamides is 1. The summed E-state index contributed by atoms with van der Waals surface area (Å²) in [5.41, 5.74) is -5.89. The van der Waals surface area contributed by atoms with Crippen molar-refractivity contribution < 1.29 is 48.7 Å². The maximum atomic E-state index is 15.4. The summed E-state index contributed by atoms with van der Waals surface area (Å²) in [6, 6.07) is 3.69. The molecule has 43 heavy (non-hydrogen) atoms. The van der Waals surface area contributed by atoms with E-state index in [1.807, 2.05) is 0 Å². The Balaban J connectivity index is 1.76. The minimum absolute atomic E-state index is 0.00702. The van der Waals surface area contributed by atoms with Crippen LogP contribution in [0.4, 0.5) is 30.7 Å². The van der Waals surface area contributed by atoms with Gasteiger partial charge in [-0.3, -0.25) is 14.3 Å². The summed E-state index contributed by atoms with van der Waals surface area (Å²) in [5, 5.41) is 5.05. The van der Waals surface area contributed by atoms with Gasteiger partial charge in [0.1, 0.15) is 11.4 Å². The molecule has 1 unspecified atom stereocenters. The third kappa shape index (κ3) is 7.04. The number of unbranched alkanes of at least 4 members (excludes halogenated alkanes) is 1. The van der Waals surface area contributed by atoms with Crippen LogP contribution in [0.15, 0.2) is 36.0 Å². The van der Waals surface area contributed by atoms with Crippen molar-refractivity contribution in [2.24, 2.45) is 0 Å². The lowest BCUT2D eigenvalue weighted by Gasteiger charge is -2.41. The van der Waals surface area contributed by atoms with Gasteiger partial charge in [-0.1, -0.05) is 12.1 Å². The van der Waals surface area contributed by atoms with Crippen LogP contribution in [0.2, 0.25) is 0 Å². The van der Waals surface area contributed by atoms with Gasteiger partial charge in [0, 0.05) is 36.2 Å². The highest BCUT2D eigenvalue weighted by Gasteiger charge is 2.61. The van der Waals surface area contributed by atoms with Crippen LogP contribution in [0.1, 0.15) is 75.2 Å². The molecule has 2 aliphatic rings. The molecule has 0 spiro atoms. The molecule has 2 amide bonds. The van der Waals surface area contributed by atoms with E-state index in [0.717, 1.165) is 18.2 Å². The van der Waals surface area contributed by atoms with Gasteiger partial charge in [0.2, 0.25) is 10.0 Å².